The molecule has 6 heteroatoms. The maximum Gasteiger partial charge on any atom is 0.307 e. The van der Waals surface area contributed by atoms with Crippen molar-refractivity contribution in [3.8, 4) is 5.75 Å². The summed E-state index contributed by atoms with van der Waals surface area (Å²) in [6, 6.07) is 4.80. The number of carbonyl (C=O) groups is 2. The number of anilines is 1. The number of esters is 1. The van der Waals surface area contributed by atoms with E-state index in [1.165, 1.54) is 7.11 Å². The number of ether oxygens (including phenoxy) is 2. The van der Waals surface area contributed by atoms with Crippen LogP contribution < -0.4 is 15.8 Å². The van der Waals surface area contributed by atoms with Crippen molar-refractivity contribution < 1.29 is 19.1 Å². The topological polar surface area (TPSA) is 90.6 Å². The first-order valence-electron chi connectivity index (χ1n) is 5.95. The van der Waals surface area contributed by atoms with Crippen molar-refractivity contribution >= 4 is 17.6 Å². The molecule has 0 unspecified atom stereocenters. The zero-order chi connectivity index (χ0) is 14.3. The summed E-state index contributed by atoms with van der Waals surface area (Å²) in [4.78, 5) is 22.9. The van der Waals surface area contributed by atoms with Crippen molar-refractivity contribution in [3.63, 3.8) is 0 Å². The van der Waals surface area contributed by atoms with Crippen LogP contribution in [-0.2, 0) is 9.53 Å². The number of nitrogens with two attached hydrogens (primary N) is 1. The Balaban J connectivity index is 2.52. The van der Waals surface area contributed by atoms with Crippen LogP contribution in [0.1, 0.15) is 23.7 Å². The minimum atomic E-state index is -0.342. The van der Waals surface area contributed by atoms with Gasteiger partial charge in [-0.3, -0.25) is 9.59 Å². The van der Waals surface area contributed by atoms with Gasteiger partial charge in [-0.05, 0) is 19.1 Å². The highest BCUT2D eigenvalue weighted by Crippen LogP contribution is 2.19. The third-order valence-electron chi connectivity index (χ3n) is 2.42. The molecule has 0 saturated carbocycles. The lowest BCUT2D eigenvalue weighted by Crippen LogP contribution is -2.27. The molecule has 6 nitrogen and oxygen atoms in total. The van der Waals surface area contributed by atoms with Crippen molar-refractivity contribution in [1.82, 2.24) is 5.32 Å². The van der Waals surface area contributed by atoms with E-state index in [1.807, 2.05) is 0 Å². The van der Waals surface area contributed by atoms with Crippen LogP contribution in [0.5, 0.6) is 5.75 Å². The monoisotopic (exact) mass is 266 g/mol. The van der Waals surface area contributed by atoms with Gasteiger partial charge in [0.25, 0.3) is 5.91 Å². The van der Waals surface area contributed by atoms with Crippen LogP contribution >= 0.6 is 0 Å². The molecular formula is C13H18N2O4. The summed E-state index contributed by atoms with van der Waals surface area (Å²) in [5.41, 5.74) is 6.42. The molecule has 0 fully saturated rings. The highest BCUT2D eigenvalue weighted by atomic mass is 16.5. The summed E-state index contributed by atoms with van der Waals surface area (Å²) in [6.07, 6.45) is 0.135. The van der Waals surface area contributed by atoms with Gasteiger partial charge in [0, 0.05) is 18.3 Å². The van der Waals surface area contributed by atoms with Gasteiger partial charge in [0.1, 0.15) is 5.75 Å². The molecule has 19 heavy (non-hydrogen) atoms. The molecule has 0 heterocycles. The lowest BCUT2D eigenvalue weighted by atomic mass is 10.1. The van der Waals surface area contributed by atoms with Gasteiger partial charge in [0.15, 0.2) is 0 Å². The SMILES string of the molecule is CCOC(=O)CCNC(=O)c1ccc(OC)cc1N. The molecule has 0 aliphatic heterocycles. The fourth-order valence-corrected chi connectivity index (χ4v) is 1.48. The number of methoxy groups -OCH3 is 1. The number of rotatable bonds is 6. The molecule has 3 N–H and O–H groups in total. The molecule has 0 saturated heterocycles. The van der Waals surface area contributed by atoms with Gasteiger partial charge in [0.2, 0.25) is 0 Å². The second-order valence-electron chi connectivity index (χ2n) is 3.76. The van der Waals surface area contributed by atoms with Crippen LogP contribution in [0.4, 0.5) is 5.69 Å². The Morgan fingerprint density at radius 1 is 1.37 bits per heavy atom. The Morgan fingerprint density at radius 3 is 2.68 bits per heavy atom. The average molecular weight is 266 g/mol. The van der Waals surface area contributed by atoms with Crippen molar-refractivity contribution in [2.75, 3.05) is 26.0 Å². The summed E-state index contributed by atoms with van der Waals surface area (Å²) < 4.78 is 9.75. The Morgan fingerprint density at radius 2 is 2.11 bits per heavy atom. The van der Waals surface area contributed by atoms with E-state index in [0.717, 1.165) is 0 Å². The number of nitrogens with one attached hydrogen (secondary N) is 1. The van der Waals surface area contributed by atoms with E-state index < -0.39 is 0 Å². The predicted octanol–water partition coefficient (Wildman–Crippen LogP) is 0.960. The number of amides is 1. The summed E-state index contributed by atoms with van der Waals surface area (Å²) in [5.74, 6) is -0.0875. The third kappa shape index (κ3) is 4.50. The first-order valence-corrected chi connectivity index (χ1v) is 5.95. The van der Waals surface area contributed by atoms with Crippen LogP contribution in [0.25, 0.3) is 0 Å². The Labute approximate surface area is 111 Å². The van der Waals surface area contributed by atoms with E-state index >= 15 is 0 Å². The average Bonchev–Trinajstić information content (AvgIpc) is 2.38. The Hall–Kier alpha value is -2.24. The van der Waals surface area contributed by atoms with Crippen molar-refractivity contribution in [2.24, 2.45) is 0 Å². The number of nitrogen functional groups attached to an aromatic ring is 1. The molecule has 0 aliphatic rings. The van der Waals surface area contributed by atoms with Crippen LogP contribution in [0, 0.1) is 0 Å². The molecule has 0 aromatic heterocycles. The zero-order valence-corrected chi connectivity index (χ0v) is 11.1. The van der Waals surface area contributed by atoms with Crippen molar-refractivity contribution in [3.05, 3.63) is 23.8 Å². The van der Waals surface area contributed by atoms with E-state index in [4.69, 9.17) is 15.2 Å². The van der Waals surface area contributed by atoms with E-state index in [2.05, 4.69) is 5.32 Å². The first-order chi connectivity index (χ1) is 9.08. The van der Waals surface area contributed by atoms with Gasteiger partial charge in [0.05, 0.1) is 25.7 Å². The molecule has 1 aromatic carbocycles. The fraction of sp³-hybridized carbons (Fsp3) is 0.385. The maximum absolute atomic E-state index is 11.8. The van der Waals surface area contributed by atoms with E-state index in [1.54, 1.807) is 25.1 Å². The molecule has 1 amide bonds. The molecule has 1 rings (SSSR count). The zero-order valence-electron chi connectivity index (χ0n) is 11.1. The number of benzene rings is 1. The minimum absolute atomic E-state index is 0.135. The molecule has 0 bridgehead atoms. The van der Waals surface area contributed by atoms with Gasteiger partial charge in [-0.2, -0.15) is 0 Å². The molecule has 1 aromatic rings. The summed E-state index contributed by atoms with van der Waals surface area (Å²) in [7, 11) is 1.52. The second kappa shape index (κ2) is 7.25. The number of carbonyl (C=O) groups excluding carboxylic acids is 2. The Kier molecular flexibility index (Phi) is 5.66. The van der Waals surface area contributed by atoms with Crippen LogP contribution in [0.15, 0.2) is 18.2 Å². The van der Waals surface area contributed by atoms with Gasteiger partial charge in [-0.1, -0.05) is 0 Å². The van der Waals surface area contributed by atoms with Gasteiger partial charge in [-0.15, -0.1) is 0 Å². The van der Waals surface area contributed by atoms with E-state index in [0.29, 0.717) is 23.6 Å². The first kappa shape index (κ1) is 14.8. The molecule has 0 aliphatic carbocycles. The molecular weight excluding hydrogens is 248 g/mol. The summed E-state index contributed by atoms with van der Waals surface area (Å²) in [6.45, 7) is 2.27. The van der Waals surface area contributed by atoms with Crippen LogP contribution in [0.3, 0.4) is 0 Å². The largest absolute Gasteiger partial charge is 0.497 e. The third-order valence-corrected chi connectivity index (χ3v) is 2.42. The normalized spacial score (nSPS) is 9.79. The highest BCUT2D eigenvalue weighted by molar-refractivity contribution is 5.99. The lowest BCUT2D eigenvalue weighted by Gasteiger charge is -2.08. The quantitative estimate of drug-likeness (QED) is 0.591. The standard InChI is InChI=1S/C13H18N2O4/c1-3-19-12(16)6-7-15-13(17)10-5-4-9(18-2)8-11(10)14/h4-5,8H,3,6-7,14H2,1-2H3,(H,15,17). The van der Waals surface area contributed by atoms with Gasteiger partial charge in [-0.25, -0.2) is 0 Å². The van der Waals surface area contributed by atoms with Crippen molar-refractivity contribution in [2.45, 2.75) is 13.3 Å². The van der Waals surface area contributed by atoms with Crippen LogP contribution in [0.2, 0.25) is 0 Å². The maximum atomic E-state index is 11.8. The highest BCUT2D eigenvalue weighted by Gasteiger charge is 2.11. The predicted molar refractivity (Wildman–Crippen MR) is 71.0 cm³/mol. The van der Waals surface area contributed by atoms with Gasteiger partial charge < -0.3 is 20.5 Å². The van der Waals surface area contributed by atoms with Gasteiger partial charge >= 0.3 is 5.97 Å². The van der Waals surface area contributed by atoms with E-state index in [9.17, 15) is 9.59 Å². The smallest absolute Gasteiger partial charge is 0.307 e. The Bertz CT molecular complexity index is 460. The molecule has 0 radical (unpaired) electrons. The minimum Gasteiger partial charge on any atom is -0.497 e. The van der Waals surface area contributed by atoms with Crippen LogP contribution in [-0.4, -0.2) is 32.1 Å². The van der Waals surface area contributed by atoms with E-state index in [-0.39, 0.29) is 24.8 Å². The molecule has 0 atom stereocenters. The number of hydrogen-bond donors (Lipinski definition) is 2. The van der Waals surface area contributed by atoms with Crippen molar-refractivity contribution in [1.29, 1.82) is 0 Å². The fourth-order valence-electron chi connectivity index (χ4n) is 1.48. The number of hydrogen-bond acceptors (Lipinski definition) is 5. The molecule has 0 spiro atoms. The lowest BCUT2D eigenvalue weighted by molar-refractivity contribution is -0.142. The summed E-state index contributed by atoms with van der Waals surface area (Å²) >= 11 is 0. The second-order valence-corrected chi connectivity index (χ2v) is 3.76. The molecule has 104 valence electrons. The summed E-state index contributed by atoms with van der Waals surface area (Å²) in [5, 5.41) is 2.61.